The smallest absolute Gasteiger partial charge is 0.289 e. The summed E-state index contributed by atoms with van der Waals surface area (Å²) < 4.78 is 6.60. The van der Waals surface area contributed by atoms with E-state index in [1.54, 1.807) is 0 Å². The molecule has 1 aromatic carbocycles. The van der Waals surface area contributed by atoms with E-state index >= 15 is 0 Å². The van der Waals surface area contributed by atoms with Gasteiger partial charge in [-0.3, -0.25) is 4.79 Å². The van der Waals surface area contributed by atoms with Crippen LogP contribution >= 0.6 is 15.9 Å². The predicted octanol–water partition coefficient (Wildman–Crippen LogP) is 3.02. The Balaban J connectivity index is 1.86. The van der Waals surface area contributed by atoms with Gasteiger partial charge >= 0.3 is 0 Å². The number of hydrogen-bond acceptors (Lipinski definition) is 3. The van der Waals surface area contributed by atoms with Gasteiger partial charge in [0.15, 0.2) is 5.76 Å². The van der Waals surface area contributed by atoms with Crippen molar-refractivity contribution in [3.05, 3.63) is 34.5 Å². The number of halogens is 1. The van der Waals surface area contributed by atoms with Crippen LogP contribution < -0.4 is 5.32 Å². The molecule has 20 heavy (non-hydrogen) atoms. The van der Waals surface area contributed by atoms with Gasteiger partial charge in [0.2, 0.25) is 0 Å². The molecule has 1 atom stereocenters. The number of para-hydroxylation sites is 1. The first-order valence-electron chi connectivity index (χ1n) is 6.83. The van der Waals surface area contributed by atoms with E-state index in [2.05, 4.69) is 21.2 Å². The van der Waals surface area contributed by atoms with E-state index in [0.717, 1.165) is 41.4 Å². The molecule has 0 aliphatic carbocycles. The zero-order valence-corrected chi connectivity index (χ0v) is 12.9. The van der Waals surface area contributed by atoms with E-state index in [9.17, 15) is 4.79 Å². The van der Waals surface area contributed by atoms with Crippen LogP contribution in [-0.4, -0.2) is 37.0 Å². The minimum Gasteiger partial charge on any atom is -0.450 e. The molecule has 2 heterocycles. The zero-order valence-electron chi connectivity index (χ0n) is 11.4. The number of furan rings is 1. The van der Waals surface area contributed by atoms with Crippen molar-refractivity contribution in [2.24, 2.45) is 0 Å². The maximum atomic E-state index is 12.5. The van der Waals surface area contributed by atoms with Crippen molar-refractivity contribution < 1.29 is 9.21 Å². The maximum absolute atomic E-state index is 12.5. The summed E-state index contributed by atoms with van der Waals surface area (Å²) in [5.41, 5.74) is 0.734. The summed E-state index contributed by atoms with van der Waals surface area (Å²) in [5, 5.41) is 4.19. The first kappa shape index (κ1) is 13.6. The Morgan fingerprint density at radius 2 is 2.35 bits per heavy atom. The van der Waals surface area contributed by atoms with Gasteiger partial charge in [0, 0.05) is 24.5 Å². The Kier molecular flexibility index (Phi) is 3.81. The molecule has 3 rings (SSSR count). The number of piperidine rings is 1. The average molecular weight is 337 g/mol. The Bertz CT molecular complexity index is 638. The number of rotatable bonds is 2. The van der Waals surface area contributed by atoms with E-state index in [1.165, 1.54) is 0 Å². The summed E-state index contributed by atoms with van der Waals surface area (Å²) in [6, 6.07) is 8.01. The number of fused-ring (bicyclic) bond motifs is 1. The Labute approximate surface area is 126 Å². The number of benzene rings is 1. The number of likely N-dealkylation sites (N-methyl/N-ethyl adjacent to an activating group) is 1. The van der Waals surface area contributed by atoms with Gasteiger partial charge in [-0.25, -0.2) is 0 Å². The summed E-state index contributed by atoms with van der Waals surface area (Å²) in [4.78, 5) is 14.4. The number of amides is 1. The third-order valence-corrected chi connectivity index (χ3v) is 4.45. The highest BCUT2D eigenvalue weighted by Gasteiger charge is 2.25. The molecule has 1 saturated heterocycles. The van der Waals surface area contributed by atoms with Crippen LogP contribution in [0.1, 0.15) is 23.4 Å². The van der Waals surface area contributed by atoms with Crippen molar-refractivity contribution in [2.45, 2.75) is 18.9 Å². The van der Waals surface area contributed by atoms with Crippen LogP contribution in [0.25, 0.3) is 11.0 Å². The van der Waals surface area contributed by atoms with Crippen LogP contribution in [0.15, 0.2) is 33.2 Å². The van der Waals surface area contributed by atoms with E-state index in [1.807, 2.05) is 36.2 Å². The van der Waals surface area contributed by atoms with Crippen LogP contribution in [0.4, 0.5) is 0 Å². The SMILES string of the molecule is CNC1CCCN(C(=O)c2cc3cccc(Br)c3o2)C1. The molecule has 106 valence electrons. The number of carbonyl (C=O) groups excluding carboxylic acids is 1. The molecule has 1 aliphatic rings. The Morgan fingerprint density at radius 1 is 1.50 bits per heavy atom. The second kappa shape index (κ2) is 5.58. The molecule has 1 fully saturated rings. The molecule has 1 unspecified atom stereocenters. The number of likely N-dealkylation sites (tertiary alicyclic amines) is 1. The molecule has 1 N–H and O–H groups in total. The standard InChI is InChI=1S/C15H17BrN2O2/c1-17-11-5-3-7-18(9-11)15(19)13-8-10-4-2-6-12(16)14(10)20-13/h2,4,6,8,11,17H,3,5,7,9H2,1H3. The lowest BCUT2D eigenvalue weighted by Gasteiger charge is -2.31. The minimum atomic E-state index is -0.0203. The van der Waals surface area contributed by atoms with Gasteiger partial charge in [-0.2, -0.15) is 0 Å². The second-order valence-corrected chi connectivity index (χ2v) is 6.00. The zero-order chi connectivity index (χ0) is 14.1. The van der Waals surface area contributed by atoms with Crippen molar-refractivity contribution in [2.75, 3.05) is 20.1 Å². The van der Waals surface area contributed by atoms with Crippen molar-refractivity contribution >= 4 is 32.8 Å². The molecule has 1 amide bonds. The molecule has 1 aromatic heterocycles. The third-order valence-electron chi connectivity index (χ3n) is 3.82. The van der Waals surface area contributed by atoms with E-state index in [0.29, 0.717) is 11.8 Å². The fraction of sp³-hybridized carbons (Fsp3) is 0.400. The Hall–Kier alpha value is -1.33. The lowest BCUT2D eigenvalue weighted by atomic mass is 10.1. The molecule has 0 saturated carbocycles. The van der Waals surface area contributed by atoms with Crippen molar-refractivity contribution in [1.29, 1.82) is 0 Å². The molecule has 5 heteroatoms. The molecule has 0 bridgehead atoms. The highest BCUT2D eigenvalue weighted by Crippen LogP contribution is 2.28. The molecule has 2 aromatic rings. The van der Waals surface area contributed by atoms with E-state index in [-0.39, 0.29) is 5.91 Å². The van der Waals surface area contributed by atoms with Gasteiger partial charge in [-0.1, -0.05) is 12.1 Å². The number of hydrogen-bond donors (Lipinski definition) is 1. The van der Waals surface area contributed by atoms with Crippen LogP contribution in [-0.2, 0) is 0 Å². The lowest BCUT2D eigenvalue weighted by molar-refractivity contribution is 0.0668. The topological polar surface area (TPSA) is 45.5 Å². The predicted molar refractivity (Wildman–Crippen MR) is 81.9 cm³/mol. The van der Waals surface area contributed by atoms with Crippen LogP contribution in [0.2, 0.25) is 0 Å². The highest BCUT2D eigenvalue weighted by atomic mass is 79.9. The summed E-state index contributed by atoms with van der Waals surface area (Å²) in [5.74, 6) is 0.400. The first-order valence-corrected chi connectivity index (χ1v) is 7.63. The number of nitrogens with zero attached hydrogens (tertiary/aromatic N) is 1. The van der Waals surface area contributed by atoms with Gasteiger partial charge in [-0.05, 0) is 48.0 Å². The summed E-state index contributed by atoms with van der Waals surface area (Å²) in [6.07, 6.45) is 2.15. The fourth-order valence-electron chi connectivity index (χ4n) is 2.69. The molecular formula is C15H17BrN2O2. The lowest BCUT2D eigenvalue weighted by Crippen LogP contribution is -2.46. The largest absolute Gasteiger partial charge is 0.450 e. The summed E-state index contributed by atoms with van der Waals surface area (Å²) in [6.45, 7) is 1.54. The molecule has 0 radical (unpaired) electrons. The van der Waals surface area contributed by atoms with Gasteiger partial charge in [-0.15, -0.1) is 0 Å². The quantitative estimate of drug-likeness (QED) is 0.916. The highest BCUT2D eigenvalue weighted by molar-refractivity contribution is 9.10. The number of nitrogens with one attached hydrogen (secondary N) is 1. The first-order chi connectivity index (χ1) is 9.69. The minimum absolute atomic E-state index is 0.0203. The van der Waals surface area contributed by atoms with Crippen LogP contribution in [0.5, 0.6) is 0 Å². The number of carbonyl (C=O) groups is 1. The molecule has 1 aliphatic heterocycles. The Morgan fingerprint density at radius 3 is 3.10 bits per heavy atom. The van der Waals surface area contributed by atoms with Crippen molar-refractivity contribution in [3.63, 3.8) is 0 Å². The van der Waals surface area contributed by atoms with Crippen LogP contribution in [0.3, 0.4) is 0 Å². The molecule has 4 nitrogen and oxygen atoms in total. The fourth-order valence-corrected chi connectivity index (χ4v) is 3.15. The summed E-state index contributed by atoms with van der Waals surface area (Å²) in [7, 11) is 1.94. The van der Waals surface area contributed by atoms with E-state index < -0.39 is 0 Å². The third kappa shape index (κ3) is 2.47. The van der Waals surface area contributed by atoms with Gasteiger partial charge in [0.1, 0.15) is 5.58 Å². The van der Waals surface area contributed by atoms with Crippen molar-refractivity contribution in [3.8, 4) is 0 Å². The normalized spacial score (nSPS) is 19.5. The maximum Gasteiger partial charge on any atom is 0.289 e. The van der Waals surface area contributed by atoms with E-state index in [4.69, 9.17) is 4.42 Å². The van der Waals surface area contributed by atoms with Gasteiger partial charge < -0.3 is 14.6 Å². The van der Waals surface area contributed by atoms with Crippen LogP contribution in [0, 0.1) is 0 Å². The average Bonchev–Trinajstić information content (AvgIpc) is 2.92. The second-order valence-electron chi connectivity index (χ2n) is 5.15. The summed E-state index contributed by atoms with van der Waals surface area (Å²) >= 11 is 3.45. The molecule has 0 spiro atoms. The van der Waals surface area contributed by atoms with Gasteiger partial charge in [0.25, 0.3) is 5.91 Å². The van der Waals surface area contributed by atoms with Gasteiger partial charge in [0.05, 0.1) is 4.47 Å². The monoisotopic (exact) mass is 336 g/mol. The van der Waals surface area contributed by atoms with Crippen molar-refractivity contribution in [1.82, 2.24) is 10.2 Å². The molecular weight excluding hydrogens is 320 g/mol.